The zero-order chi connectivity index (χ0) is 19.0. The molecular weight excluding hydrogens is 363 g/mol. The van der Waals surface area contributed by atoms with Gasteiger partial charge in [-0.2, -0.15) is 13.2 Å². The lowest BCUT2D eigenvalue weighted by atomic mass is 10.2. The summed E-state index contributed by atoms with van der Waals surface area (Å²) >= 11 is -0.379. The van der Waals surface area contributed by atoms with E-state index in [-0.39, 0.29) is 22.4 Å². The molecular formula is C18H20F3N3OS. The lowest BCUT2D eigenvalue weighted by Gasteiger charge is -2.17. The highest BCUT2D eigenvalue weighted by molar-refractivity contribution is 8.00. The fourth-order valence-electron chi connectivity index (χ4n) is 2.37. The average Bonchev–Trinajstić information content (AvgIpc) is 2.58. The van der Waals surface area contributed by atoms with Crippen LogP contribution in [0.5, 0.6) is 0 Å². The van der Waals surface area contributed by atoms with Gasteiger partial charge in [-0.15, -0.1) is 0 Å². The van der Waals surface area contributed by atoms with Crippen molar-refractivity contribution < 1.29 is 18.0 Å². The van der Waals surface area contributed by atoms with Crippen molar-refractivity contribution in [3.8, 4) is 0 Å². The third-order valence-electron chi connectivity index (χ3n) is 3.53. The molecule has 140 valence electrons. The largest absolute Gasteiger partial charge is 0.447 e. The highest BCUT2D eigenvalue weighted by Gasteiger charge is 2.32. The van der Waals surface area contributed by atoms with E-state index in [1.807, 2.05) is 37.4 Å². The highest BCUT2D eigenvalue weighted by atomic mass is 32.2. The maximum Gasteiger partial charge on any atom is 0.447 e. The van der Waals surface area contributed by atoms with E-state index in [0.29, 0.717) is 13.0 Å². The van der Waals surface area contributed by atoms with Crippen LogP contribution in [0.1, 0.15) is 22.3 Å². The Morgan fingerprint density at radius 3 is 2.62 bits per heavy atom. The Kier molecular flexibility index (Phi) is 7.47. The van der Waals surface area contributed by atoms with Crippen molar-refractivity contribution in [1.29, 1.82) is 0 Å². The van der Waals surface area contributed by atoms with Gasteiger partial charge in [0.1, 0.15) is 5.03 Å². The summed E-state index contributed by atoms with van der Waals surface area (Å²) in [4.78, 5) is 17.9. The Hall–Kier alpha value is -2.06. The quantitative estimate of drug-likeness (QED) is 0.554. The first-order valence-electron chi connectivity index (χ1n) is 8.06. The Balaban J connectivity index is 1.78. The zero-order valence-corrected chi connectivity index (χ0v) is 15.1. The van der Waals surface area contributed by atoms with E-state index < -0.39 is 11.4 Å². The number of nitrogens with zero attached hydrogens (tertiary/aromatic N) is 2. The number of amides is 1. The third kappa shape index (κ3) is 7.05. The molecule has 4 nitrogen and oxygen atoms in total. The van der Waals surface area contributed by atoms with E-state index in [9.17, 15) is 18.0 Å². The van der Waals surface area contributed by atoms with Gasteiger partial charge in [0, 0.05) is 31.0 Å². The zero-order valence-electron chi connectivity index (χ0n) is 14.3. The molecule has 0 saturated heterocycles. The van der Waals surface area contributed by atoms with Crippen LogP contribution in [0.15, 0.2) is 53.7 Å². The molecule has 1 aromatic carbocycles. The Labute approximate surface area is 154 Å². The maximum absolute atomic E-state index is 12.5. The number of nitrogens with one attached hydrogen (secondary N) is 1. The van der Waals surface area contributed by atoms with E-state index in [2.05, 4.69) is 15.2 Å². The van der Waals surface area contributed by atoms with Crippen LogP contribution in [0.25, 0.3) is 0 Å². The summed E-state index contributed by atoms with van der Waals surface area (Å²) in [6, 6.07) is 12.8. The van der Waals surface area contributed by atoms with Gasteiger partial charge < -0.3 is 10.2 Å². The molecule has 0 fully saturated rings. The van der Waals surface area contributed by atoms with Crippen molar-refractivity contribution in [3.63, 3.8) is 0 Å². The van der Waals surface area contributed by atoms with Gasteiger partial charge in [0.15, 0.2) is 0 Å². The molecule has 1 amide bonds. The molecule has 0 unspecified atom stereocenters. The molecule has 2 rings (SSSR count). The lowest BCUT2D eigenvalue weighted by Crippen LogP contribution is -2.28. The summed E-state index contributed by atoms with van der Waals surface area (Å²) in [6.45, 7) is 1.93. The number of rotatable bonds is 8. The Bertz CT molecular complexity index is 710. The number of thioether (sulfide) groups is 1. The summed E-state index contributed by atoms with van der Waals surface area (Å²) < 4.78 is 37.6. The number of halogens is 3. The maximum atomic E-state index is 12.5. The minimum absolute atomic E-state index is 0.0625. The fourth-order valence-corrected chi connectivity index (χ4v) is 2.98. The lowest BCUT2D eigenvalue weighted by molar-refractivity contribution is -0.0329. The first-order chi connectivity index (χ1) is 12.3. The standard InChI is InChI=1S/C18H20F3N3OS/c1-24(13-14-7-3-2-4-8-14)12-6-11-22-16(25)15-9-5-10-23-17(15)26-18(19,20)21/h2-5,7-10H,6,11-13H2,1H3,(H,22,25). The van der Waals surface area contributed by atoms with Gasteiger partial charge >= 0.3 is 5.51 Å². The summed E-state index contributed by atoms with van der Waals surface area (Å²) in [7, 11) is 1.98. The van der Waals surface area contributed by atoms with Crippen LogP contribution in [-0.4, -0.2) is 41.4 Å². The molecule has 8 heteroatoms. The third-order valence-corrected chi connectivity index (χ3v) is 4.28. The van der Waals surface area contributed by atoms with Crippen molar-refractivity contribution in [2.45, 2.75) is 23.5 Å². The SMILES string of the molecule is CN(CCCNC(=O)c1cccnc1SC(F)(F)F)Cc1ccccc1. The summed E-state index contributed by atoms with van der Waals surface area (Å²) in [5.41, 5.74) is -3.35. The first kappa shape index (κ1) is 20.3. The van der Waals surface area contributed by atoms with Crippen LogP contribution in [0.2, 0.25) is 0 Å². The topological polar surface area (TPSA) is 45.2 Å². The molecule has 0 spiro atoms. The van der Waals surface area contributed by atoms with Crippen LogP contribution in [0.3, 0.4) is 0 Å². The summed E-state index contributed by atoms with van der Waals surface area (Å²) in [5.74, 6) is -0.546. The van der Waals surface area contributed by atoms with Gasteiger partial charge in [-0.05, 0) is 37.7 Å². The number of pyridine rings is 1. The number of hydrogen-bond donors (Lipinski definition) is 1. The number of carbonyl (C=O) groups excluding carboxylic acids is 1. The molecule has 0 aliphatic carbocycles. The van der Waals surface area contributed by atoms with Crippen LogP contribution >= 0.6 is 11.8 Å². The predicted octanol–water partition coefficient (Wildman–Crippen LogP) is 3.95. The molecule has 0 aliphatic rings. The number of carbonyl (C=O) groups is 1. The van der Waals surface area contributed by atoms with E-state index in [1.54, 1.807) is 0 Å². The second-order valence-corrected chi connectivity index (χ2v) is 6.79. The Morgan fingerprint density at radius 2 is 1.92 bits per heavy atom. The van der Waals surface area contributed by atoms with Gasteiger partial charge in [0.05, 0.1) is 5.56 Å². The number of aromatic nitrogens is 1. The second kappa shape index (κ2) is 9.59. The first-order valence-corrected chi connectivity index (χ1v) is 8.88. The van der Waals surface area contributed by atoms with Crippen molar-refractivity contribution in [2.24, 2.45) is 0 Å². The highest BCUT2D eigenvalue weighted by Crippen LogP contribution is 2.37. The minimum Gasteiger partial charge on any atom is -0.352 e. The van der Waals surface area contributed by atoms with E-state index in [1.165, 1.54) is 23.9 Å². The van der Waals surface area contributed by atoms with Gasteiger partial charge in [0.25, 0.3) is 5.91 Å². The molecule has 2 aromatic rings. The molecule has 1 N–H and O–H groups in total. The molecule has 0 radical (unpaired) electrons. The van der Waals surface area contributed by atoms with Crippen molar-refractivity contribution in [2.75, 3.05) is 20.1 Å². The van der Waals surface area contributed by atoms with Gasteiger partial charge in [-0.25, -0.2) is 4.98 Å². The van der Waals surface area contributed by atoms with Gasteiger partial charge in [0.2, 0.25) is 0 Å². The van der Waals surface area contributed by atoms with Crippen LogP contribution in [0, 0.1) is 0 Å². The van der Waals surface area contributed by atoms with Crippen LogP contribution in [0.4, 0.5) is 13.2 Å². The fraction of sp³-hybridized carbons (Fsp3) is 0.333. The van der Waals surface area contributed by atoms with Gasteiger partial charge in [-0.1, -0.05) is 30.3 Å². The Morgan fingerprint density at radius 1 is 1.19 bits per heavy atom. The second-order valence-electron chi connectivity index (χ2n) is 5.74. The van der Waals surface area contributed by atoms with E-state index in [4.69, 9.17) is 0 Å². The van der Waals surface area contributed by atoms with E-state index >= 15 is 0 Å². The average molecular weight is 383 g/mol. The molecule has 1 heterocycles. The molecule has 26 heavy (non-hydrogen) atoms. The van der Waals surface area contributed by atoms with Crippen molar-refractivity contribution in [3.05, 3.63) is 59.8 Å². The predicted molar refractivity (Wildman–Crippen MR) is 95.9 cm³/mol. The normalized spacial score (nSPS) is 11.6. The molecule has 1 aromatic heterocycles. The van der Waals surface area contributed by atoms with Crippen molar-refractivity contribution >= 4 is 17.7 Å². The molecule has 0 bridgehead atoms. The van der Waals surface area contributed by atoms with E-state index in [0.717, 1.165) is 13.1 Å². The monoisotopic (exact) mass is 383 g/mol. The number of alkyl halides is 3. The van der Waals surface area contributed by atoms with Crippen LogP contribution in [-0.2, 0) is 6.54 Å². The van der Waals surface area contributed by atoms with Crippen LogP contribution < -0.4 is 5.32 Å². The number of hydrogen-bond acceptors (Lipinski definition) is 4. The minimum atomic E-state index is -4.48. The summed E-state index contributed by atoms with van der Waals surface area (Å²) in [6.07, 6.45) is 1.93. The summed E-state index contributed by atoms with van der Waals surface area (Å²) in [5, 5.41) is 2.32. The van der Waals surface area contributed by atoms with Gasteiger partial charge in [-0.3, -0.25) is 4.79 Å². The molecule has 0 aliphatic heterocycles. The molecule has 0 saturated carbocycles. The van der Waals surface area contributed by atoms with Crippen molar-refractivity contribution in [1.82, 2.24) is 15.2 Å². The molecule has 0 atom stereocenters. The number of benzene rings is 1. The smallest absolute Gasteiger partial charge is 0.352 e.